The molecular weight excluding hydrogens is 310 g/mol. The number of carbonyl (C=O) groups is 3. The molecule has 0 amide bonds. The third-order valence-corrected chi connectivity index (χ3v) is 3.39. The SMILES string of the molecule is NC(Cc1ccccc1)C(=O)OC(C(=O)C(=O)O)c1ccccc1. The molecule has 2 aromatic rings. The van der Waals surface area contributed by atoms with E-state index in [-0.39, 0.29) is 12.0 Å². The number of benzene rings is 2. The van der Waals surface area contributed by atoms with Gasteiger partial charge in [0.25, 0.3) is 5.78 Å². The minimum absolute atomic E-state index is 0.225. The molecule has 0 spiro atoms. The molecule has 0 aromatic heterocycles. The van der Waals surface area contributed by atoms with E-state index in [9.17, 15) is 14.4 Å². The van der Waals surface area contributed by atoms with Crippen molar-refractivity contribution in [2.75, 3.05) is 0 Å². The molecule has 6 nitrogen and oxygen atoms in total. The molecule has 124 valence electrons. The number of hydrogen-bond acceptors (Lipinski definition) is 5. The predicted molar refractivity (Wildman–Crippen MR) is 86.0 cm³/mol. The van der Waals surface area contributed by atoms with Crippen molar-refractivity contribution in [1.29, 1.82) is 0 Å². The number of ether oxygens (including phenoxy) is 1. The molecule has 24 heavy (non-hydrogen) atoms. The summed E-state index contributed by atoms with van der Waals surface area (Å²) in [4.78, 5) is 35.0. The summed E-state index contributed by atoms with van der Waals surface area (Å²) in [6.45, 7) is 0. The molecule has 2 unspecified atom stereocenters. The average Bonchev–Trinajstić information content (AvgIpc) is 2.60. The van der Waals surface area contributed by atoms with Crippen molar-refractivity contribution in [3.05, 3.63) is 71.8 Å². The van der Waals surface area contributed by atoms with Crippen LogP contribution in [0.25, 0.3) is 0 Å². The van der Waals surface area contributed by atoms with E-state index in [0.717, 1.165) is 5.56 Å². The number of hydrogen-bond donors (Lipinski definition) is 2. The lowest BCUT2D eigenvalue weighted by atomic mass is 10.0. The molecule has 2 atom stereocenters. The molecule has 0 saturated heterocycles. The lowest BCUT2D eigenvalue weighted by Crippen LogP contribution is -2.37. The maximum atomic E-state index is 12.2. The fourth-order valence-corrected chi connectivity index (χ4v) is 2.17. The van der Waals surface area contributed by atoms with Crippen LogP contribution >= 0.6 is 0 Å². The summed E-state index contributed by atoms with van der Waals surface area (Å²) >= 11 is 0. The van der Waals surface area contributed by atoms with Gasteiger partial charge in [-0.1, -0.05) is 60.7 Å². The van der Waals surface area contributed by atoms with Crippen molar-refractivity contribution in [3.63, 3.8) is 0 Å². The van der Waals surface area contributed by atoms with Crippen LogP contribution in [-0.4, -0.2) is 28.9 Å². The number of aliphatic carboxylic acids is 1. The minimum Gasteiger partial charge on any atom is -0.475 e. The number of esters is 1. The van der Waals surface area contributed by atoms with Gasteiger partial charge in [-0.25, -0.2) is 4.79 Å². The number of carbonyl (C=O) groups excluding carboxylic acids is 2. The molecule has 0 fully saturated rings. The monoisotopic (exact) mass is 327 g/mol. The van der Waals surface area contributed by atoms with Crippen molar-refractivity contribution in [1.82, 2.24) is 0 Å². The van der Waals surface area contributed by atoms with Crippen molar-refractivity contribution < 1.29 is 24.2 Å². The first-order valence-electron chi connectivity index (χ1n) is 7.31. The van der Waals surface area contributed by atoms with E-state index in [0.29, 0.717) is 0 Å². The number of nitrogens with two attached hydrogens (primary N) is 1. The molecule has 0 saturated carbocycles. The largest absolute Gasteiger partial charge is 0.475 e. The number of Topliss-reactive ketones (excluding diaryl/α,β-unsaturated/α-hetero) is 1. The van der Waals surface area contributed by atoms with Crippen LogP contribution in [0.4, 0.5) is 0 Å². The molecule has 0 radical (unpaired) electrons. The zero-order valence-corrected chi connectivity index (χ0v) is 12.8. The Morgan fingerprint density at radius 1 is 0.958 bits per heavy atom. The van der Waals surface area contributed by atoms with E-state index in [2.05, 4.69) is 0 Å². The highest BCUT2D eigenvalue weighted by atomic mass is 16.6. The highest BCUT2D eigenvalue weighted by Gasteiger charge is 2.31. The fourth-order valence-electron chi connectivity index (χ4n) is 2.17. The second-order valence-electron chi connectivity index (χ2n) is 5.19. The van der Waals surface area contributed by atoms with Crippen molar-refractivity contribution in [2.24, 2.45) is 5.73 Å². The van der Waals surface area contributed by atoms with Crippen LogP contribution in [0.1, 0.15) is 17.2 Å². The molecule has 2 rings (SSSR count). The Balaban J connectivity index is 2.12. The van der Waals surface area contributed by atoms with Crippen LogP contribution in [0.15, 0.2) is 60.7 Å². The van der Waals surface area contributed by atoms with Gasteiger partial charge in [0, 0.05) is 5.56 Å². The molecular formula is C18H17NO5. The number of carboxylic acids is 1. The summed E-state index contributed by atoms with van der Waals surface area (Å²) in [5.41, 5.74) is 6.94. The minimum atomic E-state index is -1.67. The highest BCUT2D eigenvalue weighted by molar-refractivity contribution is 6.34. The third kappa shape index (κ3) is 4.50. The van der Waals surface area contributed by atoms with Crippen molar-refractivity contribution in [3.8, 4) is 0 Å². The Morgan fingerprint density at radius 3 is 2.04 bits per heavy atom. The van der Waals surface area contributed by atoms with Gasteiger partial charge in [0.2, 0.25) is 0 Å². The summed E-state index contributed by atoms with van der Waals surface area (Å²) in [6, 6.07) is 16.1. The Hall–Kier alpha value is -2.99. The maximum Gasteiger partial charge on any atom is 0.376 e. The molecule has 0 aliphatic carbocycles. The smallest absolute Gasteiger partial charge is 0.376 e. The number of carboxylic acid groups (broad SMARTS) is 1. The van der Waals surface area contributed by atoms with E-state index in [1.54, 1.807) is 18.2 Å². The molecule has 2 aromatic carbocycles. The van der Waals surface area contributed by atoms with Gasteiger partial charge in [0.15, 0.2) is 6.10 Å². The van der Waals surface area contributed by atoms with E-state index < -0.39 is 29.9 Å². The zero-order valence-electron chi connectivity index (χ0n) is 12.8. The summed E-state index contributed by atoms with van der Waals surface area (Å²) in [6.07, 6.45) is -1.29. The Labute approximate surface area is 138 Å². The fraction of sp³-hybridized carbons (Fsp3) is 0.167. The van der Waals surface area contributed by atoms with Crippen LogP contribution in [0.2, 0.25) is 0 Å². The topological polar surface area (TPSA) is 107 Å². The predicted octanol–water partition coefficient (Wildman–Crippen LogP) is 1.49. The second-order valence-corrected chi connectivity index (χ2v) is 5.19. The Bertz CT molecular complexity index is 715. The summed E-state index contributed by atoms with van der Waals surface area (Å²) in [5.74, 6) is -3.72. The lowest BCUT2D eigenvalue weighted by Gasteiger charge is -2.18. The van der Waals surface area contributed by atoms with Crippen LogP contribution in [0.5, 0.6) is 0 Å². The van der Waals surface area contributed by atoms with E-state index >= 15 is 0 Å². The third-order valence-electron chi connectivity index (χ3n) is 3.39. The molecule has 0 aliphatic rings. The van der Waals surface area contributed by atoms with Gasteiger partial charge in [-0.2, -0.15) is 0 Å². The van der Waals surface area contributed by atoms with Crippen LogP contribution in [-0.2, 0) is 25.5 Å². The standard InChI is InChI=1S/C18H17NO5/c19-14(11-12-7-3-1-4-8-12)18(23)24-16(15(20)17(21)22)13-9-5-2-6-10-13/h1-10,14,16H,11,19H2,(H,21,22). The van der Waals surface area contributed by atoms with Gasteiger partial charge in [0.05, 0.1) is 0 Å². The zero-order chi connectivity index (χ0) is 17.5. The molecule has 0 bridgehead atoms. The first-order chi connectivity index (χ1) is 11.5. The summed E-state index contributed by atoms with van der Waals surface area (Å²) in [7, 11) is 0. The first kappa shape index (κ1) is 17.4. The molecule has 3 N–H and O–H groups in total. The van der Waals surface area contributed by atoms with Gasteiger partial charge in [-0.3, -0.25) is 9.59 Å². The molecule has 0 aliphatic heterocycles. The molecule has 6 heteroatoms. The highest BCUT2D eigenvalue weighted by Crippen LogP contribution is 2.19. The maximum absolute atomic E-state index is 12.2. The van der Waals surface area contributed by atoms with Gasteiger partial charge < -0.3 is 15.6 Å². The average molecular weight is 327 g/mol. The summed E-state index contributed by atoms with van der Waals surface area (Å²) in [5, 5.41) is 8.93. The van der Waals surface area contributed by atoms with E-state index in [1.165, 1.54) is 12.1 Å². The van der Waals surface area contributed by atoms with Gasteiger partial charge in [-0.05, 0) is 12.0 Å². The van der Waals surface area contributed by atoms with Crippen molar-refractivity contribution >= 4 is 17.7 Å². The van der Waals surface area contributed by atoms with Gasteiger partial charge >= 0.3 is 11.9 Å². The van der Waals surface area contributed by atoms with Gasteiger partial charge in [-0.15, -0.1) is 0 Å². The lowest BCUT2D eigenvalue weighted by molar-refractivity contribution is -0.163. The van der Waals surface area contributed by atoms with Crippen LogP contribution in [0, 0.1) is 0 Å². The summed E-state index contributed by atoms with van der Waals surface area (Å²) < 4.78 is 5.10. The quantitative estimate of drug-likeness (QED) is 0.589. The number of ketones is 1. The Morgan fingerprint density at radius 2 is 1.50 bits per heavy atom. The van der Waals surface area contributed by atoms with Crippen molar-refractivity contribution in [2.45, 2.75) is 18.6 Å². The van der Waals surface area contributed by atoms with E-state index in [1.807, 2.05) is 30.3 Å². The van der Waals surface area contributed by atoms with Crippen LogP contribution < -0.4 is 5.73 Å². The van der Waals surface area contributed by atoms with Gasteiger partial charge in [0.1, 0.15) is 6.04 Å². The first-order valence-corrected chi connectivity index (χ1v) is 7.31. The van der Waals surface area contributed by atoms with Crippen LogP contribution in [0.3, 0.4) is 0 Å². The number of rotatable bonds is 7. The second kappa shape index (κ2) is 8.03. The molecule has 0 heterocycles. The Kier molecular flexibility index (Phi) is 5.81. The van der Waals surface area contributed by atoms with E-state index in [4.69, 9.17) is 15.6 Å². The normalized spacial score (nSPS) is 12.9.